The summed E-state index contributed by atoms with van der Waals surface area (Å²) < 4.78 is 1.72. The van der Waals surface area contributed by atoms with Crippen molar-refractivity contribution in [2.24, 2.45) is 10.9 Å². The molecule has 2 aromatic rings. The minimum absolute atomic E-state index is 0.0302. The van der Waals surface area contributed by atoms with Crippen LogP contribution in [0.4, 0.5) is 0 Å². The Morgan fingerprint density at radius 3 is 2.68 bits per heavy atom. The summed E-state index contributed by atoms with van der Waals surface area (Å²) in [6.45, 7) is 4.03. The van der Waals surface area contributed by atoms with Crippen LogP contribution in [-0.2, 0) is 12.8 Å². The Morgan fingerprint density at radius 2 is 2.16 bits per heavy atom. The Balaban J connectivity index is 2.39. The molecule has 0 atom stereocenters. The molecule has 3 N–H and O–H groups in total. The summed E-state index contributed by atoms with van der Waals surface area (Å²) in [5.74, 6) is 2.35. The van der Waals surface area contributed by atoms with Gasteiger partial charge in [-0.15, -0.1) is 5.10 Å². The Hall–Kier alpha value is -2.44. The fraction of sp³-hybridized carbons (Fsp3) is 0.333. The minimum Gasteiger partial charge on any atom is -0.409 e. The number of amidine groups is 1. The number of hydrogen-bond donors (Lipinski definition) is 2. The van der Waals surface area contributed by atoms with E-state index in [1.54, 1.807) is 16.8 Å². The third-order valence-corrected chi connectivity index (χ3v) is 2.72. The summed E-state index contributed by atoms with van der Waals surface area (Å²) >= 11 is 0. The molecule has 0 spiro atoms. The molecule has 0 saturated heterocycles. The van der Waals surface area contributed by atoms with Crippen LogP contribution >= 0.6 is 0 Å². The van der Waals surface area contributed by atoms with E-state index in [0.29, 0.717) is 11.4 Å². The molecule has 0 bridgehead atoms. The first kappa shape index (κ1) is 13.0. The van der Waals surface area contributed by atoms with Crippen molar-refractivity contribution < 1.29 is 5.21 Å². The van der Waals surface area contributed by atoms with Crippen LogP contribution in [0.3, 0.4) is 0 Å². The normalized spacial score (nSPS) is 11.8. The summed E-state index contributed by atoms with van der Waals surface area (Å²) in [6.07, 6.45) is 3.09. The molecule has 0 unspecified atom stereocenters. The number of pyridine rings is 1. The van der Waals surface area contributed by atoms with Gasteiger partial charge in [0.25, 0.3) is 0 Å². The number of aromatic nitrogens is 4. The van der Waals surface area contributed by atoms with E-state index in [-0.39, 0.29) is 5.84 Å². The summed E-state index contributed by atoms with van der Waals surface area (Å²) in [4.78, 5) is 8.68. The van der Waals surface area contributed by atoms with Crippen LogP contribution in [0.25, 0.3) is 5.82 Å². The lowest BCUT2D eigenvalue weighted by atomic mass is 10.2. The van der Waals surface area contributed by atoms with Crippen LogP contribution in [0, 0.1) is 0 Å². The second-order valence-corrected chi connectivity index (χ2v) is 3.95. The topological polar surface area (TPSA) is 102 Å². The van der Waals surface area contributed by atoms with Crippen LogP contribution in [-0.4, -0.2) is 30.8 Å². The largest absolute Gasteiger partial charge is 0.409 e. The number of rotatable bonds is 4. The first-order valence-electron chi connectivity index (χ1n) is 6.08. The van der Waals surface area contributed by atoms with Crippen LogP contribution in [0.1, 0.15) is 31.1 Å². The van der Waals surface area contributed by atoms with Crippen LogP contribution in [0.15, 0.2) is 23.5 Å². The van der Waals surface area contributed by atoms with Gasteiger partial charge >= 0.3 is 0 Å². The molecule has 0 aliphatic carbocycles. The molecular formula is C12H16N6O. The van der Waals surface area contributed by atoms with Gasteiger partial charge in [0.2, 0.25) is 0 Å². The Kier molecular flexibility index (Phi) is 3.74. The number of aryl methyl sites for hydroxylation is 2. The van der Waals surface area contributed by atoms with E-state index in [2.05, 4.69) is 20.2 Å². The lowest BCUT2D eigenvalue weighted by Gasteiger charge is -2.04. The summed E-state index contributed by atoms with van der Waals surface area (Å²) in [6, 6.07) is 3.49. The van der Waals surface area contributed by atoms with Gasteiger partial charge in [-0.1, -0.05) is 19.0 Å². The maximum atomic E-state index is 8.60. The summed E-state index contributed by atoms with van der Waals surface area (Å²) in [5, 5.41) is 15.9. The maximum Gasteiger partial charge on any atom is 0.171 e. The number of oxime groups is 1. The molecule has 2 aromatic heterocycles. The quantitative estimate of drug-likeness (QED) is 0.368. The van der Waals surface area contributed by atoms with Gasteiger partial charge in [0, 0.05) is 24.6 Å². The van der Waals surface area contributed by atoms with Crippen LogP contribution < -0.4 is 5.73 Å². The van der Waals surface area contributed by atoms with Gasteiger partial charge in [-0.05, 0) is 12.1 Å². The molecule has 7 nitrogen and oxygen atoms in total. The fourth-order valence-electron chi connectivity index (χ4n) is 1.67. The highest BCUT2D eigenvalue weighted by atomic mass is 16.4. The van der Waals surface area contributed by atoms with Gasteiger partial charge in [-0.2, -0.15) is 4.68 Å². The van der Waals surface area contributed by atoms with E-state index < -0.39 is 0 Å². The minimum atomic E-state index is 0.0302. The fourth-order valence-corrected chi connectivity index (χ4v) is 1.67. The van der Waals surface area contributed by atoms with E-state index in [1.807, 2.05) is 13.8 Å². The molecule has 0 radical (unpaired) electrons. The monoisotopic (exact) mass is 260 g/mol. The zero-order valence-electron chi connectivity index (χ0n) is 10.9. The highest BCUT2D eigenvalue weighted by molar-refractivity contribution is 5.96. The zero-order chi connectivity index (χ0) is 13.8. The smallest absolute Gasteiger partial charge is 0.171 e. The average molecular weight is 260 g/mol. The second kappa shape index (κ2) is 5.47. The van der Waals surface area contributed by atoms with E-state index in [9.17, 15) is 0 Å². The molecule has 2 heterocycles. The Labute approximate surface area is 110 Å². The van der Waals surface area contributed by atoms with E-state index in [4.69, 9.17) is 10.9 Å². The molecule has 0 fully saturated rings. The summed E-state index contributed by atoms with van der Waals surface area (Å²) in [7, 11) is 0. The van der Waals surface area contributed by atoms with Gasteiger partial charge in [0.05, 0.1) is 0 Å². The zero-order valence-corrected chi connectivity index (χ0v) is 10.9. The highest BCUT2D eigenvalue weighted by Crippen LogP contribution is 2.09. The van der Waals surface area contributed by atoms with Gasteiger partial charge in [0.1, 0.15) is 5.82 Å². The highest BCUT2D eigenvalue weighted by Gasteiger charge is 2.10. The van der Waals surface area contributed by atoms with Crippen LogP contribution in [0.5, 0.6) is 0 Å². The third kappa shape index (κ3) is 2.54. The molecule has 0 aliphatic rings. The molecule has 0 amide bonds. The van der Waals surface area contributed by atoms with Crippen molar-refractivity contribution in [1.29, 1.82) is 0 Å². The first-order chi connectivity index (χ1) is 9.19. The van der Waals surface area contributed by atoms with Crippen LogP contribution in [0.2, 0.25) is 0 Å². The molecular weight excluding hydrogens is 244 g/mol. The maximum absolute atomic E-state index is 8.60. The van der Waals surface area contributed by atoms with Gasteiger partial charge < -0.3 is 10.9 Å². The van der Waals surface area contributed by atoms with E-state index in [0.717, 1.165) is 24.5 Å². The predicted molar refractivity (Wildman–Crippen MR) is 70.4 cm³/mol. The molecule has 2 rings (SSSR count). The van der Waals surface area contributed by atoms with E-state index in [1.165, 1.54) is 6.20 Å². The van der Waals surface area contributed by atoms with Gasteiger partial charge in [-0.3, -0.25) is 0 Å². The molecule has 0 aliphatic heterocycles. The molecule has 100 valence electrons. The van der Waals surface area contributed by atoms with Crippen molar-refractivity contribution in [3.63, 3.8) is 0 Å². The number of hydrogen-bond acceptors (Lipinski definition) is 5. The van der Waals surface area contributed by atoms with Crippen molar-refractivity contribution in [2.75, 3.05) is 0 Å². The lowest BCUT2D eigenvalue weighted by Crippen LogP contribution is -2.14. The average Bonchev–Trinajstić information content (AvgIpc) is 2.90. The first-order valence-corrected chi connectivity index (χ1v) is 6.08. The summed E-state index contributed by atoms with van der Waals surface area (Å²) in [5.41, 5.74) is 6.05. The Morgan fingerprint density at radius 1 is 1.37 bits per heavy atom. The molecule has 0 saturated carbocycles. The number of nitrogens with zero attached hydrogens (tertiary/aromatic N) is 5. The Bertz CT molecular complexity index is 587. The van der Waals surface area contributed by atoms with Gasteiger partial charge in [-0.25, -0.2) is 9.97 Å². The van der Waals surface area contributed by atoms with Crippen molar-refractivity contribution >= 4 is 5.84 Å². The number of nitrogens with two attached hydrogens (primary N) is 1. The standard InChI is InChI=1S/C12H16N6O/c1-3-9-15-10(4-2)18(16-9)11-6-5-8(7-14-11)12(13)17-19/h5-7,19H,3-4H2,1-2H3,(H2,13,17). The predicted octanol–water partition coefficient (Wildman–Crippen LogP) is 0.882. The van der Waals surface area contributed by atoms with E-state index >= 15 is 0 Å². The van der Waals surface area contributed by atoms with Gasteiger partial charge in [0.15, 0.2) is 17.5 Å². The molecule has 19 heavy (non-hydrogen) atoms. The lowest BCUT2D eigenvalue weighted by molar-refractivity contribution is 0.318. The molecule has 7 heteroatoms. The third-order valence-electron chi connectivity index (χ3n) is 2.72. The SMILES string of the molecule is CCc1nc(CC)n(-c2ccc(C(N)=NO)cn2)n1. The van der Waals surface area contributed by atoms with Crippen molar-refractivity contribution in [1.82, 2.24) is 19.7 Å². The second-order valence-electron chi connectivity index (χ2n) is 3.95. The van der Waals surface area contributed by atoms with Crippen molar-refractivity contribution in [3.05, 3.63) is 35.5 Å². The van der Waals surface area contributed by atoms with Crippen molar-refractivity contribution in [2.45, 2.75) is 26.7 Å². The van der Waals surface area contributed by atoms with Crippen molar-refractivity contribution in [3.8, 4) is 5.82 Å². The molecule has 0 aromatic carbocycles.